The van der Waals surface area contributed by atoms with E-state index in [2.05, 4.69) is 32.0 Å². The first kappa shape index (κ1) is 13.0. The number of fused-ring (bicyclic) bond motifs is 2. The highest BCUT2D eigenvalue weighted by atomic mass is 79.9. The van der Waals surface area contributed by atoms with E-state index < -0.39 is 0 Å². The number of hydrogen-bond donors (Lipinski definition) is 0. The molecule has 5 heteroatoms. The number of aromatic nitrogens is 2. The summed E-state index contributed by atoms with van der Waals surface area (Å²) in [5.41, 5.74) is 3.00. The van der Waals surface area contributed by atoms with Gasteiger partial charge in [-0.25, -0.2) is 9.97 Å². The maximum Gasteiger partial charge on any atom is 0.161 e. The van der Waals surface area contributed by atoms with E-state index in [1.807, 2.05) is 30.3 Å². The third kappa shape index (κ3) is 2.28. The number of nitrogens with zero attached hydrogens (tertiary/aromatic N) is 2. The number of ether oxygens (including phenoxy) is 1. The van der Waals surface area contributed by atoms with Crippen LogP contribution < -0.4 is 4.74 Å². The Labute approximate surface area is 135 Å². The van der Waals surface area contributed by atoms with Gasteiger partial charge in [-0.15, -0.1) is 0 Å². The van der Waals surface area contributed by atoms with Crippen molar-refractivity contribution in [3.63, 3.8) is 0 Å². The third-order valence-corrected chi connectivity index (χ3v) is 4.34. The highest BCUT2D eigenvalue weighted by Crippen LogP contribution is 2.31. The van der Waals surface area contributed by atoms with Crippen LogP contribution in [0.4, 0.5) is 0 Å². The molecule has 0 aliphatic carbocycles. The average Bonchev–Trinajstić information content (AvgIpc) is 2.95. The Morgan fingerprint density at radius 1 is 1.10 bits per heavy atom. The predicted molar refractivity (Wildman–Crippen MR) is 86.9 cm³/mol. The van der Waals surface area contributed by atoms with E-state index in [0.717, 1.165) is 39.7 Å². The summed E-state index contributed by atoms with van der Waals surface area (Å²) in [7, 11) is 0. The van der Waals surface area contributed by atoms with Crippen LogP contribution in [0.1, 0.15) is 5.56 Å². The maximum atomic E-state index is 6.30. The van der Waals surface area contributed by atoms with E-state index in [4.69, 9.17) is 16.3 Å². The number of rotatable bonds is 1. The Morgan fingerprint density at radius 3 is 2.90 bits per heavy atom. The molecule has 21 heavy (non-hydrogen) atoms. The Kier molecular flexibility index (Phi) is 3.08. The van der Waals surface area contributed by atoms with Gasteiger partial charge in [0.2, 0.25) is 0 Å². The summed E-state index contributed by atoms with van der Waals surface area (Å²) in [6.45, 7) is 0.742. The summed E-state index contributed by atoms with van der Waals surface area (Å²) in [4.78, 5) is 9.05. The fourth-order valence-corrected chi connectivity index (χ4v) is 3.11. The van der Waals surface area contributed by atoms with Crippen molar-refractivity contribution in [3.8, 4) is 17.1 Å². The van der Waals surface area contributed by atoms with Crippen LogP contribution in [0.15, 0.2) is 40.9 Å². The molecule has 4 rings (SSSR count). The number of halogens is 2. The third-order valence-electron chi connectivity index (χ3n) is 3.56. The van der Waals surface area contributed by atoms with Crippen LogP contribution in [0, 0.1) is 0 Å². The van der Waals surface area contributed by atoms with Crippen molar-refractivity contribution in [2.24, 2.45) is 0 Å². The van der Waals surface area contributed by atoms with Crippen LogP contribution in [0.3, 0.4) is 0 Å². The molecular formula is C16H10BrClN2O. The molecule has 0 fully saturated rings. The highest BCUT2D eigenvalue weighted by molar-refractivity contribution is 9.10. The summed E-state index contributed by atoms with van der Waals surface area (Å²) in [6.07, 6.45) is 0.928. The van der Waals surface area contributed by atoms with Crippen molar-refractivity contribution in [1.29, 1.82) is 0 Å². The van der Waals surface area contributed by atoms with Crippen LogP contribution in [-0.4, -0.2) is 16.6 Å². The molecule has 1 aromatic heterocycles. The molecule has 1 aliphatic rings. The zero-order valence-electron chi connectivity index (χ0n) is 10.9. The second-order valence-electron chi connectivity index (χ2n) is 4.92. The van der Waals surface area contributed by atoms with Crippen molar-refractivity contribution >= 4 is 38.4 Å². The molecule has 0 amide bonds. The molecule has 1 aliphatic heterocycles. The van der Waals surface area contributed by atoms with Gasteiger partial charge in [0.25, 0.3) is 0 Å². The van der Waals surface area contributed by atoms with Crippen molar-refractivity contribution in [2.45, 2.75) is 6.42 Å². The van der Waals surface area contributed by atoms with Gasteiger partial charge < -0.3 is 4.74 Å². The normalized spacial score (nSPS) is 13.2. The molecule has 0 atom stereocenters. The minimum Gasteiger partial charge on any atom is -0.493 e. The predicted octanol–water partition coefficient (Wildman–Crippen LogP) is 4.65. The standard InChI is InChI=1S/C16H10BrClN2O/c17-11-2-3-13-12(8-11)15(18)20-16(19-13)10-1-4-14-9(7-10)5-6-21-14/h1-4,7-8H,5-6H2. The van der Waals surface area contributed by atoms with Crippen LogP contribution in [0.25, 0.3) is 22.3 Å². The molecule has 0 radical (unpaired) electrons. The molecule has 3 nitrogen and oxygen atoms in total. The number of benzene rings is 2. The van der Waals surface area contributed by atoms with E-state index >= 15 is 0 Å². The van der Waals surface area contributed by atoms with Gasteiger partial charge in [-0.2, -0.15) is 0 Å². The van der Waals surface area contributed by atoms with Crippen LogP contribution in [-0.2, 0) is 6.42 Å². The molecule has 0 unspecified atom stereocenters. The Morgan fingerprint density at radius 2 is 2.00 bits per heavy atom. The first-order valence-corrected chi connectivity index (χ1v) is 7.77. The summed E-state index contributed by atoms with van der Waals surface area (Å²) in [6, 6.07) is 11.8. The van der Waals surface area contributed by atoms with Crippen LogP contribution in [0.5, 0.6) is 5.75 Å². The van der Waals surface area contributed by atoms with E-state index in [1.54, 1.807) is 0 Å². The monoisotopic (exact) mass is 360 g/mol. The SMILES string of the molecule is Clc1nc(-c2ccc3c(c2)CCO3)nc2ccc(Br)cc12. The van der Waals surface area contributed by atoms with E-state index in [9.17, 15) is 0 Å². The van der Waals surface area contributed by atoms with Crippen molar-refractivity contribution in [1.82, 2.24) is 9.97 Å². The van der Waals surface area contributed by atoms with Gasteiger partial charge in [0.05, 0.1) is 12.1 Å². The summed E-state index contributed by atoms with van der Waals surface area (Å²) in [5.74, 6) is 1.60. The molecule has 2 aromatic carbocycles. The molecule has 2 heterocycles. The maximum absolute atomic E-state index is 6.30. The zero-order chi connectivity index (χ0) is 14.4. The first-order chi connectivity index (χ1) is 10.2. The van der Waals surface area contributed by atoms with Gasteiger partial charge in [0.1, 0.15) is 10.9 Å². The summed E-state index contributed by atoms with van der Waals surface area (Å²) in [5, 5.41) is 1.31. The first-order valence-electron chi connectivity index (χ1n) is 6.59. The minimum absolute atomic E-state index is 0.466. The van der Waals surface area contributed by atoms with Gasteiger partial charge in [0, 0.05) is 21.8 Å². The minimum atomic E-state index is 0.466. The molecule has 0 saturated heterocycles. The largest absolute Gasteiger partial charge is 0.493 e. The molecule has 0 N–H and O–H groups in total. The fraction of sp³-hybridized carbons (Fsp3) is 0.125. The van der Waals surface area contributed by atoms with Crippen LogP contribution in [0.2, 0.25) is 5.15 Å². The van der Waals surface area contributed by atoms with Gasteiger partial charge in [-0.3, -0.25) is 0 Å². The van der Waals surface area contributed by atoms with Crippen molar-refractivity contribution in [3.05, 3.63) is 51.6 Å². The van der Waals surface area contributed by atoms with E-state index in [1.165, 1.54) is 5.56 Å². The quantitative estimate of drug-likeness (QED) is 0.592. The lowest BCUT2D eigenvalue weighted by molar-refractivity contribution is 0.357. The average molecular weight is 362 g/mol. The van der Waals surface area contributed by atoms with Gasteiger partial charge in [-0.1, -0.05) is 27.5 Å². The highest BCUT2D eigenvalue weighted by Gasteiger charge is 2.15. The summed E-state index contributed by atoms with van der Waals surface area (Å²) >= 11 is 9.74. The van der Waals surface area contributed by atoms with E-state index in [0.29, 0.717) is 11.0 Å². The molecule has 104 valence electrons. The molecule has 3 aromatic rings. The van der Waals surface area contributed by atoms with E-state index in [-0.39, 0.29) is 0 Å². The lowest BCUT2D eigenvalue weighted by Gasteiger charge is -2.06. The zero-order valence-corrected chi connectivity index (χ0v) is 13.3. The van der Waals surface area contributed by atoms with Gasteiger partial charge in [0.15, 0.2) is 5.82 Å². The second-order valence-corrected chi connectivity index (χ2v) is 6.19. The molecular weight excluding hydrogens is 352 g/mol. The number of hydrogen-bond acceptors (Lipinski definition) is 3. The topological polar surface area (TPSA) is 35.0 Å². The lowest BCUT2D eigenvalue weighted by atomic mass is 10.1. The Hall–Kier alpha value is -1.65. The Balaban J connectivity index is 1.89. The smallest absolute Gasteiger partial charge is 0.161 e. The fourth-order valence-electron chi connectivity index (χ4n) is 2.52. The Bertz CT molecular complexity index is 866. The van der Waals surface area contributed by atoms with Crippen molar-refractivity contribution < 1.29 is 4.74 Å². The molecule has 0 bridgehead atoms. The summed E-state index contributed by atoms with van der Waals surface area (Å²) < 4.78 is 6.49. The van der Waals surface area contributed by atoms with Gasteiger partial charge >= 0.3 is 0 Å². The van der Waals surface area contributed by atoms with Gasteiger partial charge in [-0.05, 0) is 42.0 Å². The van der Waals surface area contributed by atoms with Crippen LogP contribution >= 0.6 is 27.5 Å². The lowest BCUT2D eigenvalue weighted by Crippen LogP contribution is -1.92. The molecule has 0 saturated carbocycles. The molecule has 0 spiro atoms. The second kappa shape index (κ2) is 4.97. The van der Waals surface area contributed by atoms with Crippen molar-refractivity contribution in [2.75, 3.05) is 6.61 Å².